The van der Waals surface area contributed by atoms with E-state index in [0.717, 1.165) is 24.0 Å². The molecule has 0 N–H and O–H groups in total. The highest BCUT2D eigenvalue weighted by Gasteiger charge is 2.56. The molecule has 0 saturated heterocycles. The normalized spacial score (nSPS) is 29.8. The van der Waals surface area contributed by atoms with Crippen LogP contribution in [-0.2, 0) is 25.5 Å². The molecule has 1 saturated carbocycles. The Morgan fingerprint density at radius 2 is 1.97 bits per heavy atom. The van der Waals surface area contributed by atoms with Crippen LogP contribution >= 0.6 is 0 Å². The summed E-state index contributed by atoms with van der Waals surface area (Å²) in [7, 11) is -4.45. The van der Waals surface area contributed by atoms with E-state index in [1.807, 2.05) is 12.1 Å². The van der Waals surface area contributed by atoms with E-state index < -0.39 is 27.2 Å². The molecule has 0 spiro atoms. The van der Waals surface area contributed by atoms with Crippen LogP contribution < -0.4 is 4.74 Å². The molecule has 0 aliphatic heterocycles. The van der Waals surface area contributed by atoms with Crippen LogP contribution in [-0.4, -0.2) is 27.2 Å². The zero-order valence-corrected chi connectivity index (χ0v) is 17.9. The molecule has 6 nitrogen and oxygen atoms in total. The van der Waals surface area contributed by atoms with Crippen LogP contribution in [0, 0.1) is 17.3 Å². The maximum absolute atomic E-state index is 12.8. The van der Waals surface area contributed by atoms with Crippen molar-refractivity contribution >= 4 is 16.3 Å². The Morgan fingerprint density at radius 3 is 2.65 bits per heavy atom. The minimum absolute atomic E-state index is 0.00355. The van der Waals surface area contributed by atoms with Crippen LogP contribution in [0.15, 0.2) is 30.0 Å². The molecule has 1 fully saturated rings. The number of halogens is 3. The summed E-state index contributed by atoms with van der Waals surface area (Å²) in [6, 6.07) is 5.47. The number of alkyl halides is 3. The fourth-order valence-corrected chi connectivity index (χ4v) is 6.17. The van der Waals surface area contributed by atoms with Gasteiger partial charge in [0, 0.05) is 5.41 Å². The summed E-state index contributed by atoms with van der Waals surface area (Å²) in [5.41, 5.74) is -3.97. The molecule has 170 valence electrons. The summed E-state index contributed by atoms with van der Waals surface area (Å²) in [6.45, 7) is 1.81. The van der Waals surface area contributed by atoms with Gasteiger partial charge < -0.3 is 13.7 Å². The number of benzene rings is 1. The summed E-state index contributed by atoms with van der Waals surface area (Å²) in [5.74, 6) is 0.732. The van der Waals surface area contributed by atoms with Crippen LogP contribution in [0.4, 0.5) is 18.0 Å². The third-order valence-electron chi connectivity index (χ3n) is 7.06. The second-order valence-electron chi connectivity index (χ2n) is 8.58. The monoisotopic (exact) mass is 460 g/mol. The molecule has 0 bridgehead atoms. The lowest BCUT2D eigenvalue weighted by molar-refractivity contribution is -0.0544. The highest BCUT2D eigenvalue weighted by Crippen LogP contribution is 2.61. The number of fused-ring (bicyclic) bond motifs is 5. The topological polar surface area (TPSA) is 78.9 Å². The minimum Gasteiger partial charge on any atom is -0.437 e. The van der Waals surface area contributed by atoms with Gasteiger partial charge in [-0.3, -0.25) is 0 Å². The first kappa shape index (κ1) is 22.0. The number of ether oxygens (including phenoxy) is 2. The van der Waals surface area contributed by atoms with Gasteiger partial charge in [0.15, 0.2) is 0 Å². The molecule has 10 heteroatoms. The zero-order valence-electron chi connectivity index (χ0n) is 17.1. The van der Waals surface area contributed by atoms with Crippen molar-refractivity contribution in [3.63, 3.8) is 0 Å². The van der Waals surface area contributed by atoms with E-state index in [1.165, 1.54) is 13.2 Å². The van der Waals surface area contributed by atoms with Gasteiger partial charge in [0.05, 0.1) is 7.11 Å². The lowest BCUT2D eigenvalue weighted by Crippen LogP contribution is -2.42. The average molecular weight is 460 g/mol. The van der Waals surface area contributed by atoms with Gasteiger partial charge in [-0.2, -0.15) is 21.6 Å². The molecule has 0 unspecified atom stereocenters. The Bertz CT molecular complexity index is 1030. The van der Waals surface area contributed by atoms with Crippen molar-refractivity contribution in [1.82, 2.24) is 0 Å². The van der Waals surface area contributed by atoms with Crippen LogP contribution in [0.25, 0.3) is 0 Å². The first-order valence-corrected chi connectivity index (χ1v) is 11.5. The molecule has 3 aliphatic rings. The molecular formula is C21H23F3O6S. The standard InChI is InChI=1S/C21H23F3O6S/c1-20-10-9-15-14-6-4-13(29-19(25)28-2)11-12(14)3-5-16(15)17(20)7-8-18(20)30-31(26,27)21(22,23)24/h4,6,8,11,15-17H,3,5,7,9-10H2,1-2H3/t15-,16-,17+,20+/m1/s1. The van der Waals surface area contributed by atoms with Crippen molar-refractivity contribution in [2.24, 2.45) is 17.3 Å². The Balaban J connectivity index is 1.55. The predicted octanol–water partition coefficient (Wildman–Crippen LogP) is 5.05. The number of rotatable bonds is 3. The Kier molecular flexibility index (Phi) is 5.27. The predicted molar refractivity (Wildman–Crippen MR) is 104 cm³/mol. The summed E-state index contributed by atoms with van der Waals surface area (Å²) in [4.78, 5) is 11.4. The van der Waals surface area contributed by atoms with Crippen molar-refractivity contribution < 1.29 is 40.0 Å². The van der Waals surface area contributed by atoms with Gasteiger partial charge >= 0.3 is 21.8 Å². The lowest BCUT2D eigenvalue weighted by atomic mass is 9.55. The van der Waals surface area contributed by atoms with E-state index >= 15 is 0 Å². The quantitative estimate of drug-likeness (QED) is 0.272. The minimum atomic E-state index is -5.68. The fourth-order valence-electron chi connectivity index (χ4n) is 5.58. The molecule has 0 amide bonds. The number of hydrogen-bond donors (Lipinski definition) is 0. The Labute approximate surface area is 178 Å². The van der Waals surface area contributed by atoms with Gasteiger partial charge in [0.25, 0.3) is 0 Å². The van der Waals surface area contributed by atoms with Crippen molar-refractivity contribution in [2.75, 3.05) is 7.11 Å². The van der Waals surface area contributed by atoms with Crippen LogP contribution in [0.1, 0.15) is 49.7 Å². The highest BCUT2D eigenvalue weighted by molar-refractivity contribution is 7.87. The van der Waals surface area contributed by atoms with Crippen LogP contribution in [0.2, 0.25) is 0 Å². The van der Waals surface area contributed by atoms with Crippen LogP contribution in [0.3, 0.4) is 0 Å². The number of carbonyl (C=O) groups is 1. The van der Waals surface area contributed by atoms with E-state index in [9.17, 15) is 26.4 Å². The molecule has 4 atom stereocenters. The Hall–Kier alpha value is -2.23. The second kappa shape index (κ2) is 7.43. The molecule has 1 aromatic carbocycles. The third-order valence-corrected chi connectivity index (χ3v) is 8.02. The second-order valence-corrected chi connectivity index (χ2v) is 10.1. The molecule has 0 aromatic heterocycles. The Morgan fingerprint density at radius 1 is 1.23 bits per heavy atom. The van der Waals surface area contributed by atoms with Gasteiger partial charge in [-0.05, 0) is 79.2 Å². The number of carbonyl (C=O) groups excluding carboxylic acids is 1. The SMILES string of the molecule is COC(=O)Oc1ccc2c(c1)CC[C@@H]1[C@@H]2CC[C@]2(C)C(OS(=O)(=O)C(F)(F)F)=CC[C@@H]12. The largest absolute Gasteiger partial charge is 0.534 e. The maximum atomic E-state index is 12.8. The van der Waals surface area contributed by atoms with Gasteiger partial charge in [-0.1, -0.05) is 13.0 Å². The molecule has 1 aromatic rings. The van der Waals surface area contributed by atoms with E-state index in [0.29, 0.717) is 25.0 Å². The van der Waals surface area contributed by atoms with Gasteiger partial charge in [-0.25, -0.2) is 4.79 Å². The van der Waals surface area contributed by atoms with Gasteiger partial charge in [-0.15, -0.1) is 0 Å². The van der Waals surface area contributed by atoms with Crippen molar-refractivity contribution in [2.45, 2.75) is 50.5 Å². The first-order chi connectivity index (χ1) is 14.5. The third kappa shape index (κ3) is 3.68. The summed E-state index contributed by atoms with van der Waals surface area (Å²) >= 11 is 0. The molecular weight excluding hydrogens is 437 g/mol. The first-order valence-electron chi connectivity index (χ1n) is 10.1. The van der Waals surface area contributed by atoms with E-state index in [1.54, 1.807) is 13.0 Å². The van der Waals surface area contributed by atoms with Crippen molar-refractivity contribution in [3.05, 3.63) is 41.2 Å². The van der Waals surface area contributed by atoms with Gasteiger partial charge in [0.2, 0.25) is 0 Å². The average Bonchev–Trinajstić information content (AvgIpc) is 3.02. The summed E-state index contributed by atoms with van der Waals surface area (Å²) in [6.07, 6.45) is 3.98. The molecule has 31 heavy (non-hydrogen) atoms. The maximum Gasteiger partial charge on any atom is 0.534 e. The van der Waals surface area contributed by atoms with Gasteiger partial charge in [0.1, 0.15) is 11.5 Å². The molecule has 0 radical (unpaired) electrons. The summed E-state index contributed by atoms with van der Waals surface area (Å²) in [5, 5.41) is 0. The van der Waals surface area contributed by atoms with Crippen molar-refractivity contribution in [3.8, 4) is 5.75 Å². The highest BCUT2D eigenvalue weighted by atomic mass is 32.2. The molecule has 4 rings (SSSR count). The smallest absolute Gasteiger partial charge is 0.437 e. The number of allylic oxidation sites excluding steroid dienone is 2. The van der Waals surface area contributed by atoms with E-state index in [-0.39, 0.29) is 23.5 Å². The molecule has 3 aliphatic carbocycles. The van der Waals surface area contributed by atoms with Crippen LogP contribution in [0.5, 0.6) is 5.75 Å². The fraction of sp³-hybridized carbons (Fsp3) is 0.571. The number of methoxy groups -OCH3 is 1. The number of aryl methyl sites for hydroxylation is 1. The summed E-state index contributed by atoms with van der Waals surface area (Å²) < 4.78 is 75.8. The molecule has 0 heterocycles. The number of hydrogen-bond acceptors (Lipinski definition) is 6. The van der Waals surface area contributed by atoms with E-state index in [4.69, 9.17) is 4.74 Å². The van der Waals surface area contributed by atoms with E-state index in [2.05, 4.69) is 8.92 Å². The zero-order chi connectivity index (χ0) is 22.6. The lowest BCUT2D eigenvalue weighted by Gasteiger charge is -2.49. The van der Waals surface area contributed by atoms with Crippen molar-refractivity contribution in [1.29, 1.82) is 0 Å².